The molecule has 1 spiro atoms. The summed E-state index contributed by atoms with van der Waals surface area (Å²) < 4.78 is 17.5. The fourth-order valence-corrected chi connectivity index (χ4v) is 5.51. The van der Waals surface area contributed by atoms with Gasteiger partial charge in [0.25, 0.3) is 0 Å². The van der Waals surface area contributed by atoms with Crippen molar-refractivity contribution in [3.8, 4) is 11.5 Å². The van der Waals surface area contributed by atoms with Crippen LogP contribution in [0, 0.1) is 0 Å². The van der Waals surface area contributed by atoms with Gasteiger partial charge in [-0.25, -0.2) is 4.79 Å². The zero-order chi connectivity index (χ0) is 25.2. The van der Waals surface area contributed by atoms with Crippen LogP contribution in [-0.2, 0) is 19.9 Å². The van der Waals surface area contributed by atoms with Crippen LogP contribution in [0.25, 0.3) is 0 Å². The lowest BCUT2D eigenvalue weighted by Gasteiger charge is -2.44. The molecule has 0 aromatic heterocycles. The maximum atomic E-state index is 12.7. The Morgan fingerprint density at radius 3 is 2.34 bits per heavy atom. The molecule has 11 heteroatoms. The standard InChI is InChI=1S/C24H23Br2N3O6/c1-33-14-3-4-19-16(11-14)24(35-23(32)27-19)7-9-29(10-8-24)21(31)6-5-20(30)28-22-17(25)12-15(34-2)13-18(22)26/h3-6,11-13H,7-10H2,1-2H3,(H,27,32)(H,28,30)/b6-5+. The number of carbonyl (C=O) groups excluding carboxylic acids is 3. The van der Waals surface area contributed by atoms with Crippen LogP contribution < -0.4 is 20.1 Å². The number of ether oxygens (including phenoxy) is 3. The fourth-order valence-electron chi connectivity index (χ4n) is 4.17. The second-order valence-electron chi connectivity index (χ2n) is 8.03. The summed E-state index contributed by atoms with van der Waals surface area (Å²) in [6.45, 7) is 0.731. The lowest BCUT2D eigenvalue weighted by Crippen LogP contribution is -2.49. The Morgan fingerprint density at radius 1 is 1.06 bits per heavy atom. The van der Waals surface area contributed by atoms with Crippen LogP contribution >= 0.6 is 31.9 Å². The average Bonchev–Trinajstić information content (AvgIpc) is 2.84. The van der Waals surface area contributed by atoms with E-state index in [1.807, 2.05) is 6.07 Å². The summed E-state index contributed by atoms with van der Waals surface area (Å²) in [5, 5.41) is 5.46. The molecule has 1 fully saturated rings. The predicted octanol–water partition coefficient (Wildman–Crippen LogP) is 4.80. The summed E-state index contributed by atoms with van der Waals surface area (Å²) in [4.78, 5) is 38.9. The molecule has 2 heterocycles. The molecule has 0 atom stereocenters. The number of halogens is 2. The molecule has 35 heavy (non-hydrogen) atoms. The van der Waals surface area contributed by atoms with Gasteiger partial charge >= 0.3 is 6.09 Å². The number of nitrogens with zero attached hydrogens (tertiary/aromatic N) is 1. The second-order valence-corrected chi connectivity index (χ2v) is 9.74. The van der Waals surface area contributed by atoms with Crippen LogP contribution in [0.1, 0.15) is 18.4 Å². The van der Waals surface area contributed by atoms with E-state index in [1.165, 1.54) is 12.2 Å². The van der Waals surface area contributed by atoms with Crippen LogP contribution in [-0.4, -0.2) is 50.1 Å². The van der Waals surface area contributed by atoms with Crippen molar-refractivity contribution in [1.82, 2.24) is 4.90 Å². The van der Waals surface area contributed by atoms with Gasteiger partial charge in [0, 0.05) is 52.6 Å². The molecule has 9 nitrogen and oxygen atoms in total. The molecule has 2 aromatic carbocycles. The molecule has 0 aliphatic carbocycles. The monoisotopic (exact) mass is 607 g/mol. The molecule has 0 saturated carbocycles. The molecule has 0 bridgehead atoms. The molecule has 2 N–H and O–H groups in total. The van der Waals surface area contributed by atoms with Gasteiger partial charge in [-0.1, -0.05) is 0 Å². The summed E-state index contributed by atoms with van der Waals surface area (Å²) in [6, 6.07) is 8.86. The van der Waals surface area contributed by atoms with E-state index in [-0.39, 0.29) is 5.91 Å². The van der Waals surface area contributed by atoms with E-state index in [0.29, 0.717) is 57.8 Å². The number of fused-ring (bicyclic) bond motifs is 2. The van der Waals surface area contributed by atoms with Crippen molar-refractivity contribution in [2.75, 3.05) is 37.9 Å². The lowest BCUT2D eigenvalue weighted by atomic mass is 9.82. The Kier molecular flexibility index (Phi) is 7.36. The van der Waals surface area contributed by atoms with Crippen molar-refractivity contribution in [1.29, 1.82) is 0 Å². The van der Waals surface area contributed by atoms with Gasteiger partial charge in [0.1, 0.15) is 17.1 Å². The Morgan fingerprint density at radius 2 is 1.71 bits per heavy atom. The summed E-state index contributed by atoms with van der Waals surface area (Å²) in [5.74, 6) is 0.530. The van der Waals surface area contributed by atoms with Crippen molar-refractivity contribution in [3.05, 3.63) is 57.0 Å². The molecule has 4 rings (SSSR count). The average molecular weight is 609 g/mol. The molecule has 0 unspecified atom stereocenters. The smallest absolute Gasteiger partial charge is 0.412 e. The highest BCUT2D eigenvalue weighted by molar-refractivity contribution is 9.11. The third kappa shape index (κ3) is 5.30. The van der Waals surface area contributed by atoms with Crippen LogP contribution in [0.2, 0.25) is 0 Å². The van der Waals surface area contributed by atoms with Crippen molar-refractivity contribution in [2.24, 2.45) is 0 Å². The third-order valence-electron chi connectivity index (χ3n) is 6.00. The number of benzene rings is 2. The highest BCUT2D eigenvalue weighted by Crippen LogP contribution is 2.44. The first-order valence-corrected chi connectivity index (χ1v) is 12.3. The molecule has 0 radical (unpaired) electrons. The van der Waals surface area contributed by atoms with Gasteiger partial charge < -0.3 is 24.4 Å². The Labute approximate surface area is 219 Å². The molecule has 2 aromatic rings. The van der Waals surface area contributed by atoms with Gasteiger partial charge in [0.2, 0.25) is 11.8 Å². The first kappa shape index (κ1) is 25.1. The topological polar surface area (TPSA) is 106 Å². The number of hydrogen-bond acceptors (Lipinski definition) is 6. The fraction of sp³-hybridized carbons (Fsp3) is 0.292. The van der Waals surface area contributed by atoms with Gasteiger partial charge in [-0.3, -0.25) is 14.9 Å². The lowest BCUT2D eigenvalue weighted by molar-refractivity contribution is -0.130. The Balaban J connectivity index is 1.40. The first-order chi connectivity index (χ1) is 16.7. The SMILES string of the molecule is COc1cc(Br)c(NC(=O)/C=C/C(=O)N2CCC3(CC2)OC(=O)Nc2ccc(OC)cc23)c(Br)c1. The summed E-state index contributed by atoms with van der Waals surface area (Å²) in [7, 11) is 3.13. The summed E-state index contributed by atoms with van der Waals surface area (Å²) in [5.41, 5.74) is 1.19. The van der Waals surface area contributed by atoms with E-state index < -0.39 is 17.6 Å². The minimum absolute atomic E-state index is 0.297. The second kappa shape index (κ2) is 10.3. The molecular formula is C24H23Br2N3O6. The van der Waals surface area contributed by atoms with Gasteiger partial charge in [-0.15, -0.1) is 0 Å². The highest BCUT2D eigenvalue weighted by atomic mass is 79.9. The van der Waals surface area contributed by atoms with Crippen LogP contribution in [0.5, 0.6) is 11.5 Å². The predicted molar refractivity (Wildman–Crippen MR) is 137 cm³/mol. The minimum Gasteiger partial charge on any atom is -0.497 e. The number of anilines is 2. The normalized spacial score (nSPS) is 16.3. The van der Waals surface area contributed by atoms with Crippen LogP contribution in [0.4, 0.5) is 16.2 Å². The van der Waals surface area contributed by atoms with Gasteiger partial charge in [0.15, 0.2) is 0 Å². The van der Waals surface area contributed by atoms with E-state index in [0.717, 1.165) is 5.56 Å². The zero-order valence-electron chi connectivity index (χ0n) is 19.0. The van der Waals surface area contributed by atoms with Crippen LogP contribution in [0.15, 0.2) is 51.4 Å². The number of nitrogens with one attached hydrogen (secondary N) is 2. The maximum Gasteiger partial charge on any atom is 0.412 e. The summed E-state index contributed by atoms with van der Waals surface area (Å²) in [6.07, 6.45) is 2.77. The third-order valence-corrected chi connectivity index (χ3v) is 7.25. The van der Waals surface area contributed by atoms with Gasteiger partial charge in [-0.2, -0.15) is 0 Å². The van der Waals surface area contributed by atoms with E-state index in [4.69, 9.17) is 14.2 Å². The molecule has 1 saturated heterocycles. The molecular weight excluding hydrogens is 586 g/mol. The van der Waals surface area contributed by atoms with Crippen molar-refractivity contribution < 1.29 is 28.6 Å². The van der Waals surface area contributed by atoms with Gasteiger partial charge in [-0.05, 0) is 62.2 Å². The Hall–Kier alpha value is -3.05. The number of piperidine rings is 1. The molecule has 2 aliphatic rings. The molecule has 3 amide bonds. The van der Waals surface area contributed by atoms with E-state index in [2.05, 4.69) is 42.5 Å². The number of amides is 3. The zero-order valence-corrected chi connectivity index (χ0v) is 22.2. The Bertz CT molecular complexity index is 1180. The number of rotatable bonds is 5. The summed E-state index contributed by atoms with van der Waals surface area (Å²) >= 11 is 6.79. The van der Waals surface area contributed by atoms with Gasteiger partial charge in [0.05, 0.1) is 25.6 Å². The number of methoxy groups -OCH3 is 2. The first-order valence-electron chi connectivity index (χ1n) is 10.7. The molecule has 2 aliphatic heterocycles. The van der Waals surface area contributed by atoms with Crippen molar-refractivity contribution >= 4 is 61.1 Å². The van der Waals surface area contributed by atoms with E-state index in [9.17, 15) is 14.4 Å². The quantitative estimate of drug-likeness (QED) is 0.472. The largest absolute Gasteiger partial charge is 0.497 e. The number of likely N-dealkylation sites (tertiary alicyclic amines) is 1. The van der Waals surface area contributed by atoms with E-state index in [1.54, 1.807) is 43.4 Å². The maximum absolute atomic E-state index is 12.7. The van der Waals surface area contributed by atoms with E-state index >= 15 is 0 Å². The number of hydrogen-bond donors (Lipinski definition) is 2. The minimum atomic E-state index is -0.836. The number of carbonyl (C=O) groups is 3. The van der Waals surface area contributed by atoms with Crippen molar-refractivity contribution in [2.45, 2.75) is 18.4 Å². The van der Waals surface area contributed by atoms with Crippen LogP contribution in [0.3, 0.4) is 0 Å². The molecule has 184 valence electrons. The highest BCUT2D eigenvalue weighted by Gasteiger charge is 2.45. The van der Waals surface area contributed by atoms with Crippen molar-refractivity contribution in [3.63, 3.8) is 0 Å².